The molecule has 2 aromatic heterocycles. The van der Waals surface area contributed by atoms with Gasteiger partial charge in [0.15, 0.2) is 5.82 Å². The number of aryl methyl sites for hydroxylation is 2. The second-order valence-electron chi connectivity index (χ2n) is 5.55. The maximum atomic E-state index is 12.2. The molecule has 6 nitrogen and oxygen atoms in total. The minimum absolute atomic E-state index is 0.310. The van der Waals surface area contributed by atoms with E-state index in [0.717, 1.165) is 5.69 Å². The summed E-state index contributed by atoms with van der Waals surface area (Å²) in [7, 11) is 0. The van der Waals surface area contributed by atoms with Crippen molar-refractivity contribution in [1.82, 2.24) is 10.1 Å². The topological polar surface area (TPSA) is 80.0 Å². The summed E-state index contributed by atoms with van der Waals surface area (Å²) < 4.78 is 4.92. The molecule has 0 atom stereocenters. The first-order chi connectivity index (χ1) is 11.6. The zero-order chi connectivity index (χ0) is 16.9. The standard InChI is InChI=1S/C18H18N4O2/c1-12-4-3-5-14(8-12)11-20-15-6-7-19-16(10-15)18(23)21-17-9-13(2)24-22-17/h3-10H,11H2,1-2H3,(H,19,20)(H,21,22,23). The molecule has 3 aromatic rings. The van der Waals surface area contributed by atoms with Crippen LogP contribution in [0.1, 0.15) is 27.4 Å². The van der Waals surface area contributed by atoms with Crippen LogP contribution in [0.4, 0.5) is 11.5 Å². The number of nitrogens with one attached hydrogen (secondary N) is 2. The highest BCUT2D eigenvalue weighted by atomic mass is 16.5. The van der Waals surface area contributed by atoms with Crippen LogP contribution in [0, 0.1) is 13.8 Å². The monoisotopic (exact) mass is 322 g/mol. The molecule has 0 aliphatic carbocycles. The molecule has 3 rings (SSSR count). The van der Waals surface area contributed by atoms with Crippen LogP contribution >= 0.6 is 0 Å². The van der Waals surface area contributed by atoms with Gasteiger partial charge in [0.1, 0.15) is 11.5 Å². The molecule has 24 heavy (non-hydrogen) atoms. The highest BCUT2D eigenvalue weighted by molar-refractivity contribution is 6.02. The van der Waals surface area contributed by atoms with Crippen molar-refractivity contribution in [2.75, 3.05) is 10.6 Å². The summed E-state index contributed by atoms with van der Waals surface area (Å²) in [5.74, 6) is 0.673. The molecule has 0 unspecified atom stereocenters. The normalized spacial score (nSPS) is 10.4. The Balaban J connectivity index is 1.66. The van der Waals surface area contributed by atoms with Crippen molar-refractivity contribution in [1.29, 1.82) is 0 Å². The van der Waals surface area contributed by atoms with E-state index in [2.05, 4.69) is 45.9 Å². The third-order valence-electron chi connectivity index (χ3n) is 3.44. The van der Waals surface area contributed by atoms with Crippen LogP contribution in [0.25, 0.3) is 0 Å². The fourth-order valence-corrected chi connectivity index (χ4v) is 2.30. The van der Waals surface area contributed by atoms with Crippen molar-refractivity contribution in [3.8, 4) is 0 Å². The van der Waals surface area contributed by atoms with Gasteiger partial charge < -0.3 is 15.2 Å². The summed E-state index contributed by atoms with van der Waals surface area (Å²) in [5, 5.41) is 9.69. The summed E-state index contributed by atoms with van der Waals surface area (Å²) in [6.45, 7) is 4.50. The summed E-state index contributed by atoms with van der Waals surface area (Å²) in [5.41, 5.74) is 3.53. The predicted molar refractivity (Wildman–Crippen MR) is 91.9 cm³/mol. The molecular formula is C18H18N4O2. The Morgan fingerprint density at radius 1 is 1.17 bits per heavy atom. The maximum absolute atomic E-state index is 12.2. The number of aromatic nitrogens is 2. The highest BCUT2D eigenvalue weighted by Gasteiger charge is 2.10. The van der Waals surface area contributed by atoms with E-state index in [0.29, 0.717) is 23.8 Å². The second-order valence-corrected chi connectivity index (χ2v) is 5.55. The predicted octanol–water partition coefficient (Wildman–Crippen LogP) is 3.55. The zero-order valence-corrected chi connectivity index (χ0v) is 13.5. The fraction of sp³-hybridized carbons (Fsp3) is 0.167. The van der Waals surface area contributed by atoms with Crippen LogP contribution in [0.3, 0.4) is 0 Å². The van der Waals surface area contributed by atoms with E-state index >= 15 is 0 Å². The summed E-state index contributed by atoms with van der Waals surface area (Å²) >= 11 is 0. The lowest BCUT2D eigenvalue weighted by molar-refractivity contribution is 0.102. The van der Waals surface area contributed by atoms with Crippen molar-refractivity contribution in [3.63, 3.8) is 0 Å². The molecule has 1 amide bonds. The van der Waals surface area contributed by atoms with Crippen molar-refractivity contribution < 1.29 is 9.32 Å². The first-order valence-electron chi connectivity index (χ1n) is 7.60. The number of carbonyl (C=O) groups is 1. The van der Waals surface area contributed by atoms with Crippen LogP contribution < -0.4 is 10.6 Å². The lowest BCUT2D eigenvalue weighted by Crippen LogP contribution is -2.14. The van der Waals surface area contributed by atoms with Crippen molar-refractivity contribution in [3.05, 3.63) is 71.2 Å². The van der Waals surface area contributed by atoms with Gasteiger partial charge in [0.05, 0.1) is 0 Å². The van der Waals surface area contributed by atoms with Gasteiger partial charge in [0, 0.05) is 24.5 Å². The highest BCUT2D eigenvalue weighted by Crippen LogP contribution is 2.13. The molecule has 122 valence electrons. The van der Waals surface area contributed by atoms with Crippen LogP contribution in [0.2, 0.25) is 0 Å². The van der Waals surface area contributed by atoms with Gasteiger partial charge >= 0.3 is 0 Å². The quantitative estimate of drug-likeness (QED) is 0.751. The lowest BCUT2D eigenvalue weighted by Gasteiger charge is -2.08. The number of pyridine rings is 1. The van der Waals surface area contributed by atoms with E-state index in [1.165, 1.54) is 11.1 Å². The third kappa shape index (κ3) is 3.98. The largest absolute Gasteiger partial charge is 0.381 e. The van der Waals surface area contributed by atoms with Crippen molar-refractivity contribution in [2.45, 2.75) is 20.4 Å². The average molecular weight is 322 g/mol. The minimum Gasteiger partial charge on any atom is -0.381 e. The summed E-state index contributed by atoms with van der Waals surface area (Å²) in [4.78, 5) is 16.3. The van der Waals surface area contributed by atoms with E-state index in [9.17, 15) is 4.79 Å². The summed E-state index contributed by atoms with van der Waals surface area (Å²) in [6, 6.07) is 13.4. The number of nitrogens with zero attached hydrogens (tertiary/aromatic N) is 2. The third-order valence-corrected chi connectivity index (χ3v) is 3.44. The number of anilines is 2. The van der Waals surface area contributed by atoms with Gasteiger partial charge in [-0.05, 0) is 31.5 Å². The fourth-order valence-electron chi connectivity index (χ4n) is 2.30. The minimum atomic E-state index is -0.331. The number of amides is 1. The Labute approximate surface area is 139 Å². The Hall–Kier alpha value is -3.15. The molecule has 0 saturated heterocycles. The molecule has 0 aliphatic heterocycles. The smallest absolute Gasteiger partial charge is 0.275 e. The Morgan fingerprint density at radius 3 is 2.79 bits per heavy atom. The molecule has 6 heteroatoms. The molecule has 0 spiro atoms. The molecule has 0 saturated carbocycles. The van der Waals surface area contributed by atoms with Gasteiger partial charge in [-0.15, -0.1) is 0 Å². The van der Waals surface area contributed by atoms with Gasteiger partial charge in [0.2, 0.25) is 0 Å². The number of hydrogen-bond acceptors (Lipinski definition) is 5. The average Bonchev–Trinajstić information content (AvgIpc) is 2.98. The second kappa shape index (κ2) is 6.95. The van der Waals surface area contributed by atoms with Gasteiger partial charge in [-0.2, -0.15) is 0 Å². The molecule has 0 radical (unpaired) electrons. The van der Waals surface area contributed by atoms with Crippen molar-refractivity contribution >= 4 is 17.4 Å². The zero-order valence-electron chi connectivity index (χ0n) is 13.5. The SMILES string of the molecule is Cc1cccc(CNc2ccnc(C(=O)Nc3cc(C)on3)c2)c1. The van der Waals surface area contributed by atoms with Gasteiger partial charge in [-0.3, -0.25) is 9.78 Å². The van der Waals surface area contributed by atoms with E-state index in [1.807, 2.05) is 12.1 Å². The van der Waals surface area contributed by atoms with Crippen LogP contribution in [0.15, 0.2) is 53.2 Å². The number of hydrogen-bond donors (Lipinski definition) is 2. The Kier molecular flexibility index (Phi) is 4.56. The molecule has 0 bridgehead atoms. The van der Waals surface area contributed by atoms with Crippen molar-refractivity contribution in [2.24, 2.45) is 0 Å². The molecular weight excluding hydrogens is 304 g/mol. The summed E-state index contributed by atoms with van der Waals surface area (Å²) in [6.07, 6.45) is 1.60. The molecule has 2 N–H and O–H groups in total. The first-order valence-corrected chi connectivity index (χ1v) is 7.60. The van der Waals surface area contributed by atoms with Gasteiger partial charge in [-0.25, -0.2) is 0 Å². The molecule has 2 heterocycles. The van der Waals surface area contributed by atoms with Crippen LogP contribution in [0.5, 0.6) is 0 Å². The van der Waals surface area contributed by atoms with Gasteiger partial charge in [-0.1, -0.05) is 35.0 Å². The molecule has 0 fully saturated rings. The Bertz CT molecular complexity index is 857. The lowest BCUT2D eigenvalue weighted by atomic mass is 10.1. The molecule has 1 aromatic carbocycles. The maximum Gasteiger partial charge on any atom is 0.275 e. The van der Waals surface area contributed by atoms with E-state index in [4.69, 9.17) is 4.52 Å². The van der Waals surface area contributed by atoms with E-state index in [-0.39, 0.29) is 5.91 Å². The number of rotatable bonds is 5. The molecule has 0 aliphatic rings. The van der Waals surface area contributed by atoms with E-state index in [1.54, 1.807) is 25.3 Å². The number of benzene rings is 1. The van der Waals surface area contributed by atoms with E-state index < -0.39 is 0 Å². The Morgan fingerprint density at radius 2 is 2.04 bits per heavy atom. The number of carbonyl (C=O) groups excluding carboxylic acids is 1. The van der Waals surface area contributed by atoms with Crippen LogP contribution in [-0.2, 0) is 6.54 Å². The van der Waals surface area contributed by atoms with Gasteiger partial charge in [0.25, 0.3) is 5.91 Å². The van der Waals surface area contributed by atoms with Crippen LogP contribution in [-0.4, -0.2) is 16.0 Å². The first kappa shape index (κ1) is 15.7.